The molecule has 0 aliphatic heterocycles. The van der Waals surface area contributed by atoms with Crippen LogP contribution < -0.4 is 0 Å². The Balaban J connectivity index is 2.12. The van der Waals surface area contributed by atoms with Crippen LogP contribution in [0.4, 0.5) is 0 Å². The Bertz CT molecular complexity index is 669. The van der Waals surface area contributed by atoms with Crippen LogP contribution in [0.25, 0.3) is 5.52 Å². The maximum absolute atomic E-state index is 9.89. The molecule has 0 unspecified atom stereocenters. The summed E-state index contributed by atoms with van der Waals surface area (Å²) in [6, 6.07) is 2.20. The van der Waals surface area contributed by atoms with Crippen molar-refractivity contribution in [3.8, 4) is 0 Å². The molecule has 4 heteroatoms. The van der Waals surface area contributed by atoms with Crippen LogP contribution in [0.2, 0.25) is 0 Å². The van der Waals surface area contributed by atoms with Crippen molar-refractivity contribution < 1.29 is 9.84 Å². The third kappa shape index (κ3) is 2.90. The predicted octanol–water partition coefficient (Wildman–Crippen LogP) is 4.09. The molecule has 0 saturated heterocycles. The lowest BCUT2D eigenvalue weighted by Gasteiger charge is -2.42. The zero-order valence-electron chi connectivity index (χ0n) is 14.6. The molecule has 4 nitrogen and oxygen atoms in total. The summed E-state index contributed by atoms with van der Waals surface area (Å²) >= 11 is 0. The van der Waals surface area contributed by atoms with Crippen molar-refractivity contribution in [3.05, 3.63) is 35.9 Å². The minimum atomic E-state index is -0.157. The van der Waals surface area contributed by atoms with Crippen molar-refractivity contribution in [1.29, 1.82) is 0 Å². The fourth-order valence-electron chi connectivity index (χ4n) is 4.09. The van der Waals surface area contributed by atoms with Crippen LogP contribution >= 0.6 is 0 Å². The third-order valence-electron chi connectivity index (χ3n) is 5.52. The summed E-state index contributed by atoms with van der Waals surface area (Å²) in [5.41, 5.74) is 3.78. The van der Waals surface area contributed by atoms with Gasteiger partial charge >= 0.3 is 0 Å². The maximum Gasteiger partial charge on any atom is 0.0992 e. The number of aliphatic hydroxyl groups is 1. The summed E-state index contributed by atoms with van der Waals surface area (Å²) in [7, 11) is 1.81. The van der Waals surface area contributed by atoms with E-state index in [2.05, 4.69) is 42.4 Å². The standard InChI is InChI=1S/C19H28N2O2/c1-13(2)15-7-10-21-12-20-11-16(21)17(15)18(23-4)19(3)8-5-14(22)6-9-19/h7,10-14,18,22H,5-6,8-9H2,1-4H3/t14?,18-,19?/m1/s1. The Kier molecular flexibility index (Phi) is 4.47. The van der Waals surface area contributed by atoms with Crippen LogP contribution in [0, 0.1) is 5.41 Å². The first-order valence-corrected chi connectivity index (χ1v) is 8.61. The molecule has 3 rings (SSSR count). The van der Waals surface area contributed by atoms with Crippen LogP contribution in [0.5, 0.6) is 0 Å². The van der Waals surface area contributed by atoms with Crippen molar-refractivity contribution in [1.82, 2.24) is 9.38 Å². The van der Waals surface area contributed by atoms with Crippen molar-refractivity contribution in [2.24, 2.45) is 5.41 Å². The maximum atomic E-state index is 9.89. The third-order valence-corrected chi connectivity index (χ3v) is 5.52. The zero-order valence-corrected chi connectivity index (χ0v) is 14.6. The SMILES string of the molecule is CO[C@H](c1c(C(C)C)ccn2cncc12)C1(C)CCC(O)CC1. The number of ether oxygens (including phenoxy) is 1. The molecular formula is C19H28N2O2. The Morgan fingerprint density at radius 3 is 2.65 bits per heavy atom. The highest BCUT2D eigenvalue weighted by molar-refractivity contribution is 5.59. The fraction of sp³-hybridized carbons (Fsp3) is 0.632. The smallest absolute Gasteiger partial charge is 0.0992 e. The van der Waals surface area contributed by atoms with Gasteiger partial charge in [0.2, 0.25) is 0 Å². The number of rotatable bonds is 4. The van der Waals surface area contributed by atoms with E-state index < -0.39 is 0 Å². The van der Waals surface area contributed by atoms with E-state index in [1.54, 1.807) is 0 Å². The summed E-state index contributed by atoms with van der Waals surface area (Å²) in [4.78, 5) is 4.33. The number of nitrogens with zero attached hydrogens (tertiary/aromatic N) is 2. The van der Waals surface area contributed by atoms with Crippen molar-refractivity contribution in [2.45, 2.75) is 64.6 Å². The molecule has 2 aromatic rings. The summed E-state index contributed by atoms with van der Waals surface area (Å²) in [5.74, 6) is 0.431. The molecule has 0 spiro atoms. The normalized spacial score (nSPS) is 26.8. The first kappa shape index (κ1) is 16.5. The first-order valence-electron chi connectivity index (χ1n) is 8.61. The molecule has 1 atom stereocenters. The van der Waals surface area contributed by atoms with E-state index in [9.17, 15) is 5.11 Å². The lowest BCUT2D eigenvalue weighted by molar-refractivity contribution is -0.0472. The quantitative estimate of drug-likeness (QED) is 0.924. The van der Waals surface area contributed by atoms with Crippen LogP contribution in [0.1, 0.15) is 69.6 Å². The Labute approximate surface area is 138 Å². The molecule has 1 N–H and O–H groups in total. The zero-order chi connectivity index (χ0) is 16.6. The summed E-state index contributed by atoms with van der Waals surface area (Å²) in [5, 5.41) is 9.89. The van der Waals surface area contributed by atoms with E-state index in [1.165, 1.54) is 11.1 Å². The van der Waals surface area contributed by atoms with Crippen molar-refractivity contribution in [2.75, 3.05) is 7.11 Å². The van der Waals surface area contributed by atoms with Gasteiger partial charge < -0.3 is 14.2 Å². The average molecular weight is 316 g/mol. The minimum Gasteiger partial charge on any atom is -0.393 e. The van der Waals surface area contributed by atoms with Gasteiger partial charge in [-0.15, -0.1) is 0 Å². The summed E-state index contributed by atoms with van der Waals surface area (Å²) in [6.45, 7) is 6.76. The molecule has 0 aromatic carbocycles. The largest absolute Gasteiger partial charge is 0.393 e. The monoisotopic (exact) mass is 316 g/mol. The molecule has 23 heavy (non-hydrogen) atoms. The molecule has 1 fully saturated rings. The Morgan fingerprint density at radius 2 is 2.04 bits per heavy atom. The number of aromatic nitrogens is 2. The van der Waals surface area contributed by atoms with E-state index in [1.807, 2.05) is 19.6 Å². The summed E-state index contributed by atoms with van der Waals surface area (Å²) < 4.78 is 8.14. The van der Waals surface area contributed by atoms with E-state index in [4.69, 9.17) is 4.74 Å². The van der Waals surface area contributed by atoms with Gasteiger partial charge in [-0.1, -0.05) is 20.8 Å². The van der Waals surface area contributed by atoms with Gasteiger partial charge in [-0.3, -0.25) is 0 Å². The van der Waals surface area contributed by atoms with Crippen LogP contribution in [0.15, 0.2) is 24.8 Å². The van der Waals surface area contributed by atoms with E-state index in [-0.39, 0.29) is 17.6 Å². The van der Waals surface area contributed by atoms with Gasteiger partial charge in [-0.25, -0.2) is 4.98 Å². The minimum absolute atomic E-state index is 0.0211. The van der Waals surface area contributed by atoms with Gasteiger partial charge in [0.15, 0.2) is 0 Å². The fourth-order valence-corrected chi connectivity index (χ4v) is 4.09. The number of fused-ring (bicyclic) bond motifs is 1. The van der Waals surface area contributed by atoms with Crippen LogP contribution in [0.3, 0.4) is 0 Å². The van der Waals surface area contributed by atoms with Gasteiger partial charge in [-0.05, 0) is 48.6 Å². The Hall–Kier alpha value is -1.39. The van der Waals surface area contributed by atoms with E-state index >= 15 is 0 Å². The average Bonchev–Trinajstić information content (AvgIpc) is 3.00. The highest BCUT2D eigenvalue weighted by atomic mass is 16.5. The highest BCUT2D eigenvalue weighted by Crippen LogP contribution is 2.49. The lowest BCUT2D eigenvalue weighted by Crippen LogP contribution is -2.34. The second-order valence-corrected chi connectivity index (χ2v) is 7.53. The number of aliphatic hydroxyl groups excluding tert-OH is 1. The van der Waals surface area contributed by atoms with Gasteiger partial charge in [0.25, 0.3) is 0 Å². The molecule has 0 bridgehead atoms. The number of hydrogen-bond donors (Lipinski definition) is 1. The predicted molar refractivity (Wildman–Crippen MR) is 91.6 cm³/mol. The van der Waals surface area contributed by atoms with Crippen molar-refractivity contribution in [3.63, 3.8) is 0 Å². The second kappa shape index (κ2) is 6.25. The molecule has 0 radical (unpaired) electrons. The molecular weight excluding hydrogens is 288 g/mol. The molecule has 126 valence electrons. The van der Waals surface area contributed by atoms with Crippen molar-refractivity contribution >= 4 is 5.52 Å². The number of imidazole rings is 1. The molecule has 1 saturated carbocycles. The topological polar surface area (TPSA) is 46.8 Å². The Morgan fingerprint density at radius 1 is 1.35 bits per heavy atom. The lowest BCUT2D eigenvalue weighted by atomic mass is 9.68. The highest BCUT2D eigenvalue weighted by Gasteiger charge is 2.40. The number of hydrogen-bond acceptors (Lipinski definition) is 3. The molecule has 1 aliphatic carbocycles. The first-order chi connectivity index (χ1) is 11.0. The molecule has 0 amide bonds. The summed E-state index contributed by atoms with van der Waals surface area (Å²) in [6.07, 6.45) is 9.42. The van der Waals surface area contributed by atoms with E-state index in [0.717, 1.165) is 31.2 Å². The van der Waals surface area contributed by atoms with Gasteiger partial charge in [0.05, 0.1) is 30.2 Å². The second-order valence-electron chi connectivity index (χ2n) is 7.53. The molecule has 2 heterocycles. The van der Waals surface area contributed by atoms with Gasteiger partial charge in [-0.2, -0.15) is 0 Å². The van der Waals surface area contributed by atoms with Crippen LogP contribution in [-0.4, -0.2) is 27.7 Å². The van der Waals surface area contributed by atoms with Crippen LogP contribution in [-0.2, 0) is 4.74 Å². The number of pyridine rings is 1. The molecule has 1 aliphatic rings. The van der Waals surface area contributed by atoms with E-state index in [0.29, 0.717) is 5.92 Å². The number of methoxy groups -OCH3 is 1. The van der Waals surface area contributed by atoms with Gasteiger partial charge in [0.1, 0.15) is 0 Å². The van der Waals surface area contributed by atoms with Gasteiger partial charge in [0, 0.05) is 18.9 Å². The molecule has 2 aromatic heterocycles.